The molecule has 0 aromatic carbocycles. The molecule has 1 aliphatic heterocycles. The highest BCUT2D eigenvalue weighted by Crippen LogP contribution is 2.17. The zero-order chi connectivity index (χ0) is 9.10. The third-order valence-corrected chi connectivity index (χ3v) is 3.37. The molecule has 0 unspecified atom stereocenters. The third-order valence-electron chi connectivity index (χ3n) is 2.39. The smallest absolute Gasteiger partial charge is 0.0329 e. The molecule has 2 nitrogen and oxygen atoms in total. The van der Waals surface area contributed by atoms with Crippen LogP contribution in [0.4, 0.5) is 0 Å². The topological polar surface area (TPSA) is 15.3 Å². The standard InChI is InChI=1S/C10H16N2S/c1-9-2-3-10(13-9)8-12-6-4-11-5-7-12/h2-3,11H,4-8H2,1H3. The Bertz CT molecular complexity index is 264. The van der Waals surface area contributed by atoms with Gasteiger partial charge in [-0.3, -0.25) is 4.90 Å². The van der Waals surface area contributed by atoms with E-state index in [1.54, 1.807) is 0 Å². The molecule has 1 saturated heterocycles. The maximum atomic E-state index is 3.37. The van der Waals surface area contributed by atoms with Gasteiger partial charge in [0.15, 0.2) is 0 Å². The predicted molar refractivity (Wildman–Crippen MR) is 57.2 cm³/mol. The molecule has 2 heterocycles. The fourth-order valence-electron chi connectivity index (χ4n) is 1.66. The molecule has 0 aliphatic carbocycles. The number of nitrogens with one attached hydrogen (secondary N) is 1. The van der Waals surface area contributed by atoms with Crippen molar-refractivity contribution >= 4 is 11.3 Å². The van der Waals surface area contributed by atoms with Crippen molar-refractivity contribution in [1.29, 1.82) is 0 Å². The molecular formula is C10H16N2S. The first-order chi connectivity index (χ1) is 6.34. The maximum absolute atomic E-state index is 3.37. The molecule has 0 bridgehead atoms. The average molecular weight is 196 g/mol. The Morgan fingerprint density at radius 2 is 2.15 bits per heavy atom. The zero-order valence-corrected chi connectivity index (χ0v) is 8.86. The van der Waals surface area contributed by atoms with Crippen LogP contribution in [-0.4, -0.2) is 31.1 Å². The fourth-order valence-corrected chi connectivity index (χ4v) is 2.59. The van der Waals surface area contributed by atoms with Gasteiger partial charge >= 0.3 is 0 Å². The first-order valence-corrected chi connectivity index (χ1v) is 5.64. The molecule has 1 aromatic rings. The van der Waals surface area contributed by atoms with Gasteiger partial charge in [-0.2, -0.15) is 0 Å². The number of rotatable bonds is 2. The van der Waals surface area contributed by atoms with Crippen LogP contribution in [0.25, 0.3) is 0 Å². The van der Waals surface area contributed by atoms with Crippen LogP contribution in [0.1, 0.15) is 9.75 Å². The third kappa shape index (κ3) is 2.53. The van der Waals surface area contributed by atoms with Crippen LogP contribution in [0, 0.1) is 6.92 Å². The summed E-state index contributed by atoms with van der Waals surface area (Å²) >= 11 is 1.92. The van der Waals surface area contributed by atoms with E-state index >= 15 is 0 Å². The number of nitrogens with zero attached hydrogens (tertiary/aromatic N) is 1. The van der Waals surface area contributed by atoms with E-state index in [9.17, 15) is 0 Å². The zero-order valence-electron chi connectivity index (χ0n) is 8.05. The molecule has 13 heavy (non-hydrogen) atoms. The van der Waals surface area contributed by atoms with Crippen molar-refractivity contribution in [3.05, 3.63) is 21.9 Å². The Balaban J connectivity index is 1.89. The molecule has 3 heteroatoms. The van der Waals surface area contributed by atoms with Gasteiger partial charge in [0.25, 0.3) is 0 Å². The lowest BCUT2D eigenvalue weighted by Crippen LogP contribution is -2.42. The maximum Gasteiger partial charge on any atom is 0.0329 e. The molecule has 0 saturated carbocycles. The van der Waals surface area contributed by atoms with Crippen LogP contribution in [0.2, 0.25) is 0 Å². The minimum Gasteiger partial charge on any atom is -0.314 e. The van der Waals surface area contributed by atoms with Gasteiger partial charge in [-0.25, -0.2) is 0 Å². The predicted octanol–water partition coefficient (Wildman–Crippen LogP) is 1.46. The molecule has 72 valence electrons. The van der Waals surface area contributed by atoms with Crippen molar-refractivity contribution < 1.29 is 0 Å². The second-order valence-electron chi connectivity index (χ2n) is 3.54. The summed E-state index contributed by atoms with van der Waals surface area (Å²) < 4.78 is 0. The quantitative estimate of drug-likeness (QED) is 0.770. The monoisotopic (exact) mass is 196 g/mol. The van der Waals surface area contributed by atoms with Crippen LogP contribution in [0.15, 0.2) is 12.1 Å². The molecule has 1 fully saturated rings. The summed E-state index contributed by atoms with van der Waals surface area (Å²) in [4.78, 5) is 5.44. The van der Waals surface area contributed by atoms with Gasteiger partial charge in [0.2, 0.25) is 0 Å². The van der Waals surface area contributed by atoms with Crippen molar-refractivity contribution in [2.45, 2.75) is 13.5 Å². The molecule has 0 radical (unpaired) electrons. The van der Waals surface area contributed by atoms with Crippen molar-refractivity contribution in [1.82, 2.24) is 10.2 Å². The van der Waals surface area contributed by atoms with E-state index in [-0.39, 0.29) is 0 Å². The average Bonchev–Trinajstić information content (AvgIpc) is 2.53. The normalized spacial score (nSPS) is 19.2. The van der Waals surface area contributed by atoms with E-state index < -0.39 is 0 Å². The second kappa shape index (κ2) is 4.22. The Hall–Kier alpha value is -0.380. The highest BCUT2D eigenvalue weighted by Gasteiger charge is 2.10. The minimum atomic E-state index is 1.14. The molecule has 0 amide bonds. The summed E-state index contributed by atoms with van der Waals surface area (Å²) in [5.74, 6) is 0. The first kappa shape index (κ1) is 9.19. The van der Waals surface area contributed by atoms with Gasteiger partial charge in [0.05, 0.1) is 0 Å². The summed E-state index contributed by atoms with van der Waals surface area (Å²) in [6.45, 7) is 7.98. The van der Waals surface area contributed by atoms with Crippen LogP contribution >= 0.6 is 11.3 Å². The number of piperazine rings is 1. The Kier molecular flexibility index (Phi) is 2.98. The van der Waals surface area contributed by atoms with Gasteiger partial charge in [-0.05, 0) is 19.1 Å². The molecule has 1 aromatic heterocycles. The highest BCUT2D eigenvalue weighted by molar-refractivity contribution is 7.11. The van der Waals surface area contributed by atoms with E-state index in [2.05, 4.69) is 29.3 Å². The lowest BCUT2D eigenvalue weighted by atomic mass is 10.3. The van der Waals surface area contributed by atoms with E-state index in [4.69, 9.17) is 0 Å². The Morgan fingerprint density at radius 3 is 2.77 bits per heavy atom. The lowest BCUT2D eigenvalue weighted by molar-refractivity contribution is 0.235. The second-order valence-corrected chi connectivity index (χ2v) is 4.91. The van der Waals surface area contributed by atoms with Crippen LogP contribution in [0.3, 0.4) is 0 Å². The van der Waals surface area contributed by atoms with Crippen molar-refractivity contribution in [2.24, 2.45) is 0 Å². The van der Waals surface area contributed by atoms with E-state index in [1.165, 1.54) is 22.8 Å². The van der Waals surface area contributed by atoms with Crippen LogP contribution in [0.5, 0.6) is 0 Å². The van der Waals surface area contributed by atoms with E-state index in [0.29, 0.717) is 0 Å². The summed E-state index contributed by atoms with van der Waals surface area (Å²) in [5, 5.41) is 3.37. The van der Waals surface area contributed by atoms with Gasteiger partial charge in [0, 0.05) is 42.5 Å². The highest BCUT2D eigenvalue weighted by atomic mass is 32.1. The molecule has 1 aliphatic rings. The van der Waals surface area contributed by atoms with Crippen molar-refractivity contribution in [3.63, 3.8) is 0 Å². The van der Waals surface area contributed by atoms with Crippen LogP contribution < -0.4 is 5.32 Å². The van der Waals surface area contributed by atoms with Gasteiger partial charge in [-0.1, -0.05) is 0 Å². The first-order valence-electron chi connectivity index (χ1n) is 4.83. The van der Waals surface area contributed by atoms with Crippen molar-refractivity contribution in [3.8, 4) is 0 Å². The minimum absolute atomic E-state index is 1.14. The Labute approximate surface area is 83.6 Å². The SMILES string of the molecule is Cc1ccc(CN2CCNCC2)s1. The number of hydrogen-bond donors (Lipinski definition) is 1. The molecule has 0 spiro atoms. The summed E-state index contributed by atoms with van der Waals surface area (Å²) in [6, 6.07) is 4.46. The molecule has 1 N–H and O–H groups in total. The van der Waals surface area contributed by atoms with Crippen molar-refractivity contribution in [2.75, 3.05) is 26.2 Å². The number of hydrogen-bond acceptors (Lipinski definition) is 3. The fraction of sp³-hybridized carbons (Fsp3) is 0.600. The number of aryl methyl sites for hydroxylation is 1. The number of thiophene rings is 1. The lowest BCUT2D eigenvalue weighted by Gasteiger charge is -2.26. The van der Waals surface area contributed by atoms with E-state index in [0.717, 1.165) is 19.6 Å². The summed E-state index contributed by atoms with van der Waals surface area (Å²) in [7, 11) is 0. The van der Waals surface area contributed by atoms with Crippen LogP contribution in [-0.2, 0) is 6.54 Å². The molecule has 0 atom stereocenters. The summed E-state index contributed by atoms with van der Waals surface area (Å²) in [5.41, 5.74) is 0. The van der Waals surface area contributed by atoms with Gasteiger partial charge in [-0.15, -0.1) is 11.3 Å². The summed E-state index contributed by atoms with van der Waals surface area (Å²) in [6.07, 6.45) is 0. The van der Waals surface area contributed by atoms with Gasteiger partial charge in [0.1, 0.15) is 0 Å². The largest absolute Gasteiger partial charge is 0.314 e. The molecular weight excluding hydrogens is 180 g/mol. The Morgan fingerprint density at radius 1 is 1.38 bits per heavy atom. The van der Waals surface area contributed by atoms with E-state index in [1.807, 2.05) is 11.3 Å². The van der Waals surface area contributed by atoms with Gasteiger partial charge < -0.3 is 5.32 Å². The molecule has 2 rings (SSSR count).